The fourth-order valence-corrected chi connectivity index (χ4v) is 6.58. The van der Waals surface area contributed by atoms with Gasteiger partial charge in [-0.15, -0.1) is 11.3 Å². The fraction of sp³-hybridized carbons (Fsp3) is 0.684. The molecule has 24 heavy (non-hydrogen) atoms. The van der Waals surface area contributed by atoms with Crippen LogP contribution in [0.25, 0.3) is 0 Å². The topological polar surface area (TPSA) is 58.2 Å². The largest absolute Gasteiger partial charge is 0.354 e. The molecule has 1 heterocycles. The summed E-state index contributed by atoms with van der Waals surface area (Å²) in [7, 11) is 1.64. The minimum Gasteiger partial charge on any atom is -0.354 e. The molecule has 0 aromatic carbocycles. The number of carbonyl (C=O) groups is 2. The van der Waals surface area contributed by atoms with E-state index in [2.05, 4.69) is 10.6 Å². The Labute approximate surface area is 147 Å². The molecule has 1 aromatic rings. The molecule has 4 saturated carbocycles. The number of Topliss-reactive ketones (excluding diaryl/α,β-unsaturated/α-hetero) is 1. The van der Waals surface area contributed by atoms with Crippen molar-refractivity contribution in [2.24, 2.45) is 23.2 Å². The van der Waals surface area contributed by atoms with E-state index in [0.717, 1.165) is 46.8 Å². The highest BCUT2D eigenvalue weighted by atomic mass is 32.1. The fourth-order valence-electron chi connectivity index (χ4n) is 5.66. The van der Waals surface area contributed by atoms with Crippen molar-refractivity contribution in [2.75, 3.05) is 13.6 Å². The van der Waals surface area contributed by atoms with Crippen molar-refractivity contribution in [3.05, 3.63) is 21.9 Å². The van der Waals surface area contributed by atoms with Crippen LogP contribution in [-0.2, 0) is 11.3 Å². The summed E-state index contributed by atoms with van der Waals surface area (Å²) in [4.78, 5) is 26.3. The summed E-state index contributed by atoms with van der Waals surface area (Å²) in [6, 6.07) is 3.82. The average Bonchev–Trinajstić information content (AvgIpc) is 3.01. The molecule has 5 heteroatoms. The van der Waals surface area contributed by atoms with Crippen molar-refractivity contribution < 1.29 is 9.59 Å². The second-order valence-electron chi connectivity index (χ2n) is 8.07. The first-order valence-electron chi connectivity index (χ1n) is 9.13. The molecule has 1 aromatic heterocycles. The van der Waals surface area contributed by atoms with Crippen LogP contribution in [0.2, 0.25) is 0 Å². The first kappa shape index (κ1) is 16.3. The van der Waals surface area contributed by atoms with Crippen molar-refractivity contribution in [1.82, 2.24) is 10.6 Å². The number of hydrogen-bond donors (Lipinski definition) is 2. The number of carbonyl (C=O) groups excluding carboxylic acids is 2. The monoisotopic (exact) mass is 346 g/mol. The Balaban J connectivity index is 1.32. The van der Waals surface area contributed by atoms with Gasteiger partial charge in [0.2, 0.25) is 0 Å². The van der Waals surface area contributed by atoms with Crippen molar-refractivity contribution in [3.8, 4) is 0 Å². The van der Waals surface area contributed by atoms with Crippen molar-refractivity contribution in [2.45, 2.75) is 45.1 Å². The molecule has 0 aliphatic heterocycles. The Hall–Kier alpha value is -1.20. The van der Waals surface area contributed by atoms with Crippen molar-refractivity contribution >= 4 is 23.0 Å². The Morgan fingerprint density at radius 3 is 2.33 bits per heavy atom. The number of rotatable bonds is 6. The van der Waals surface area contributed by atoms with Crippen LogP contribution in [0.3, 0.4) is 0 Å². The molecule has 1 amide bonds. The van der Waals surface area contributed by atoms with Crippen LogP contribution in [0.4, 0.5) is 0 Å². The Morgan fingerprint density at radius 1 is 1.12 bits per heavy atom. The highest BCUT2D eigenvalue weighted by Crippen LogP contribution is 2.60. The van der Waals surface area contributed by atoms with Gasteiger partial charge in [-0.3, -0.25) is 9.59 Å². The van der Waals surface area contributed by atoms with Crippen LogP contribution in [0, 0.1) is 23.2 Å². The number of ketones is 1. The summed E-state index contributed by atoms with van der Waals surface area (Å²) in [5, 5.41) is 5.97. The van der Waals surface area contributed by atoms with Crippen LogP contribution < -0.4 is 10.6 Å². The lowest BCUT2D eigenvalue weighted by Gasteiger charge is -2.56. The molecule has 5 rings (SSSR count). The van der Waals surface area contributed by atoms with Gasteiger partial charge in [0.05, 0.1) is 11.4 Å². The zero-order valence-electron chi connectivity index (χ0n) is 14.3. The first-order valence-corrected chi connectivity index (χ1v) is 9.94. The third-order valence-corrected chi connectivity index (χ3v) is 7.41. The van der Waals surface area contributed by atoms with Gasteiger partial charge in [-0.05, 0) is 68.4 Å². The van der Waals surface area contributed by atoms with Gasteiger partial charge in [0.25, 0.3) is 5.91 Å². The third kappa shape index (κ3) is 2.93. The molecule has 0 unspecified atom stereocenters. The lowest BCUT2D eigenvalue weighted by Crippen LogP contribution is -2.51. The van der Waals surface area contributed by atoms with Gasteiger partial charge < -0.3 is 10.6 Å². The van der Waals surface area contributed by atoms with Gasteiger partial charge in [0.15, 0.2) is 5.78 Å². The minimum atomic E-state index is -0.0455. The van der Waals surface area contributed by atoms with Crippen LogP contribution in [0.1, 0.15) is 53.1 Å². The quantitative estimate of drug-likeness (QED) is 0.832. The smallest absolute Gasteiger partial charge is 0.261 e. The lowest BCUT2D eigenvalue weighted by atomic mass is 9.48. The Morgan fingerprint density at radius 2 is 1.75 bits per heavy atom. The number of amides is 1. The zero-order valence-corrected chi connectivity index (χ0v) is 15.1. The van der Waals surface area contributed by atoms with E-state index in [-0.39, 0.29) is 11.3 Å². The summed E-state index contributed by atoms with van der Waals surface area (Å²) >= 11 is 1.49. The van der Waals surface area contributed by atoms with Gasteiger partial charge in [0, 0.05) is 23.9 Å². The average molecular weight is 346 g/mol. The second kappa shape index (κ2) is 6.26. The van der Waals surface area contributed by atoms with Gasteiger partial charge >= 0.3 is 0 Å². The predicted molar refractivity (Wildman–Crippen MR) is 95.0 cm³/mol. The molecular weight excluding hydrogens is 320 g/mol. The third-order valence-electron chi connectivity index (χ3n) is 6.33. The molecule has 4 aliphatic rings. The van der Waals surface area contributed by atoms with Crippen molar-refractivity contribution in [1.29, 1.82) is 0 Å². The maximum Gasteiger partial charge on any atom is 0.261 e. The van der Waals surface area contributed by atoms with E-state index in [1.54, 1.807) is 7.05 Å². The molecule has 130 valence electrons. The molecule has 4 aliphatic carbocycles. The zero-order chi connectivity index (χ0) is 16.7. The van der Waals surface area contributed by atoms with Crippen molar-refractivity contribution in [3.63, 3.8) is 0 Å². The van der Waals surface area contributed by atoms with Gasteiger partial charge in [-0.2, -0.15) is 0 Å². The maximum absolute atomic E-state index is 12.9. The van der Waals surface area contributed by atoms with E-state index in [4.69, 9.17) is 0 Å². The van der Waals surface area contributed by atoms with Gasteiger partial charge in [0.1, 0.15) is 0 Å². The highest BCUT2D eigenvalue weighted by molar-refractivity contribution is 7.14. The lowest BCUT2D eigenvalue weighted by molar-refractivity contribution is -0.142. The van der Waals surface area contributed by atoms with Gasteiger partial charge in [-0.1, -0.05) is 0 Å². The molecular formula is C19H26N2O2S. The van der Waals surface area contributed by atoms with E-state index in [9.17, 15) is 9.59 Å². The standard InChI is InChI=1S/C19H26N2O2S/c1-20-18(23)16-3-2-15(24-16)10-21-11-17(22)19-7-12-4-13(8-19)6-14(5-12)9-19/h2-3,12-14,21H,4-11H2,1H3,(H,20,23). The highest BCUT2D eigenvalue weighted by Gasteiger charge is 2.53. The Kier molecular flexibility index (Phi) is 4.25. The van der Waals surface area contributed by atoms with Crippen LogP contribution in [-0.4, -0.2) is 25.3 Å². The number of hydrogen-bond acceptors (Lipinski definition) is 4. The van der Waals surface area contributed by atoms with Crippen LogP contribution in [0.5, 0.6) is 0 Å². The molecule has 4 bridgehead atoms. The summed E-state index contributed by atoms with van der Waals surface area (Å²) in [6.07, 6.45) is 7.53. The molecule has 0 atom stereocenters. The summed E-state index contributed by atoms with van der Waals surface area (Å²) in [6.45, 7) is 1.14. The SMILES string of the molecule is CNC(=O)c1ccc(CNCC(=O)C23CC4CC(CC(C4)C2)C3)s1. The van der Waals surface area contributed by atoms with E-state index in [1.165, 1.54) is 30.6 Å². The summed E-state index contributed by atoms with van der Waals surface area (Å²) < 4.78 is 0. The molecule has 4 fully saturated rings. The summed E-state index contributed by atoms with van der Waals surface area (Å²) in [5.74, 6) is 2.83. The first-order chi connectivity index (χ1) is 11.6. The molecule has 0 spiro atoms. The summed E-state index contributed by atoms with van der Waals surface area (Å²) in [5.41, 5.74) is -0.00947. The molecule has 2 N–H and O–H groups in total. The predicted octanol–water partition coefficient (Wildman–Crippen LogP) is 2.98. The molecule has 4 nitrogen and oxygen atoms in total. The van der Waals surface area contributed by atoms with E-state index in [0.29, 0.717) is 18.9 Å². The van der Waals surface area contributed by atoms with Gasteiger partial charge in [-0.25, -0.2) is 0 Å². The van der Waals surface area contributed by atoms with E-state index >= 15 is 0 Å². The maximum atomic E-state index is 12.9. The van der Waals surface area contributed by atoms with Crippen LogP contribution >= 0.6 is 11.3 Å². The van der Waals surface area contributed by atoms with Crippen LogP contribution in [0.15, 0.2) is 12.1 Å². The number of thiophene rings is 1. The normalized spacial score (nSPS) is 33.6. The van der Waals surface area contributed by atoms with E-state index < -0.39 is 0 Å². The second-order valence-corrected chi connectivity index (χ2v) is 9.24. The Bertz CT molecular complexity index is 616. The molecule has 0 radical (unpaired) electrons. The molecule has 0 saturated heterocycles. The minimum absolute atomic E-state index is 0.00947. The van der Waals surface area contributed by atoms with E-state index in [1.807, 2.05) is 12.1 Å². The number of nitrogens with one attached hydrogen (secondary N) is 2.